The predicted octanol–water partition coefficient (Wildman–Crippen LogP) is 2.72. The Morgan fingerprint density at radius 2 is 2.00 bits per heavy atom. The van der Waals surface area contributed by atoms with Crippen molar-refractivity contribution in [3.05, 3.63) is 48.2 Å². The Bertz CT molecular complexity index is 804. The van der Waals surface area contributed by atoms with E-state index in [4.69, 9.17) is 0 Å². The van der Waals surface area contributed by atoms with E-state index in [0.717, 1.165) is 33.5 Å². The van der Waals surface area contributed by atoms with E-state index >= 15 is 0 Å². The van der Waals surface area contributed by atoms with Crippen LogP contribution in [0, 0.1) is 0 Å². The first-order chi connectivity index (χ1) is 9.33. The fourth-order valence-corrected chi connectivity index (χ4v) is 2.64. The first-order valence-electron chi connectivity index (χ1n) is 6.18. The van der Waals surface area contributed by atoms with Gasteiger partial charge in [0, 0.05) is 17.3 Å². The molecule has 0 radical (unpaired) electrons. The summed E-state index contributed by atoms with van der Waals surface area (Å²) in [5.41, 5.74) is 5.67. The number of nitrogens with zero attached hydrogens (tertiary/aromatic N) is 1. The molecule has 4 heteroatoms. The molecular formula is C15H11N3O. The van der Waals surface area contributed by atoms with Crippen molar-refractivity contribution >= 4 is 22.6 Å². The van der Waals surface area contributed by atoms with Crippen molar-refractivity contribution in [2.24, 2.45) is 0 Å². The maximum Gasteiger partial charge on any atom is 0.228 e. The van der Waals surface area contributed by atoms with Crippen LogP contribution in [-0.2, 0) is 11.2 Å². The molecule has 4 nitrogen and oxygen atoms in total. The fraction of sp³-hybridized carbons (Fsp3) is 0.0667. The van der Waals surface area contributed by atoms with Gasteiger partial charge < -0.3 is 10.3 Å². The van der Waals surface area contributed by atoms with E-state index in [9.17, 15) is 4.79 Å². The minimum absolute atomic E-state index is 0.00208. The molecule has 0 unspecified atom stereocenters. The molecule has 1 aliphatic heterocycles. The molecule has 0 spiro atoms. The molecule has 3 heterocycles. The molecule has 0 saturated carbocycles. The number of anilines is 1. The predicted molar refractivity (Wildman–Crippen MR) is 73.9 cm³/mol. The van der Waals surface area contributed by atoms with E-state index in [1.807, 2.05) is 36.4 Å². The number of nitrogens with one attached hydrogen (secondary N) is 2. The average molecular weight is 249 g/mol. The van der Waals surface area contributed by atoms with Crippen LogP contribution in [0.2, 0.25) is 0 Å². The summed E-state index contributed by atoms with van der Waals surface area (Å²) in [5.74, 6) is -0.00208. The number of pyridine rings is 1. The van der Waals surface area contributed by atoms with Crippen LogP contribution in [0.3, 0.4) is 0 Å². The number of carbonyl (C=O) groups excluding carboxylic acids is 1. The van der Waals surface area contributed by atoms with Crippen LogP contribution in [0.1, 0.15) is 5.56 Å². The second-order valence-corrected chi connectivity index (χ2v) is 4.65. The molecule has 0 fully saturated rings. The third-order valence-corrected chi connectivity index (χ3v) is 3.46. The summed E-state index contributed by atoms with van der Waals surface area (Å²) in [6.07, 6.45) is 2.10. The zero-order chi connectivity index (χ0) is 12.8. The van der Waals surface area contributed by atoms with Gasteiger partial charge in [-0.1, -0.05) is 18.2 Å². The summed E-state index contributed by atoms with van der Waals surface area (Å²) >= 11 is 0. The molecule has 4 rings (SSSR count). The molecule has 0 atom stereocenters. The molecule has 0 saturated heterocycles. The van der Waals surface area contributed by atoms with E-state index in [0.29, 0.717) is 6.42 Å². The molecule has 19 heavy (non-hydrogen) atoms. The second-order valence-electron chi connectivity index (χ2n) is 4.65. The first-order valence-corrected chi connectivity index (χ1v) is 6.18. The van der Waals surface area contributed by atoms with Gasteiger partial charge in [-0.05, 0) is 18.2 Å². The van der Waals surface area contributed by atoms with E-state index in [-0.39, 0.29) is 5.91 Å². The Morgan fingerprint density at radius 3 is 2.95 bits per heavy atom. The summed E-state index contributed by atoms with van der Waals surface area (Å²) in [6.45, 7) is 0. The number of amides is 1. The fourth-order valence-electron chi connectivity index (χ4n) is 2.64. The molecule has 3 aromatic rings. The highest BCUT2D eigenvalue weighted by molar-refractivity contribution is 6.04. The summed E-state index contributed by atoms with van der Waals surface area (Å²) < 4.78 is 0. The van der Waals surface area contributed by atoms with E-state index in [2.05, 4.69) is 15.3 Å². The largest absolute Gasteiger partial charge is 0.353 e. The molecule has 1 aliphatic rings. The topological polar surface area (TPSA) is 57.8 Å². The molecule has 2 aromatic heterocycles. The number of aromatic amines is 1. The number of H-pyrrole nitrogens is 1. The van der Waals surface area contributed by atoms with Gasteiger partial charge in [0.1, 0.15) is 0 Å². The van der Waals surface area contributed by atoms with Gasteiger partial charge in [-0.15, -0.1) is 0 Å². The van der Waals surface area contributed by atoms with Crippen molar-refractivity contribution in [2.75, 3.05) is 5.32 Å². The van der Waals surface area contributed by atoms with Gasteiger partial charge in [-0.2, -0.15) is 0 Å². The van der Waals surface area contributed by atoms with Gasteiger partial charge in [0.15, 0.2) is 0 Å². The van der Waals surface area contributed by atoms with Gasteiger partial charge in [-0.25, -0.2) is 0 Å². The highest BCUT2D eigenvalue weighted by Gasteiger charge is 2.22. The summed E-state index contributed by atoms with van der Waals surface area (Å²) in [7, 11) is 0. The van der Waals surface area contributed by atoms with E-state index in [1.165, 1.54) is 0 Å². The molecular weight excluding hydrogens is 238 g/mol. The van der Waals surface area contributed by atoms with Crippen molar-refractivity contribution in [1.29, 1.82) is 0 Å². The smallest absolute Gasteiger partial charge is 0.228 e. The lowest BCUT2D eigenvalue weighted by atomic mass is 10.1. The highest BCUT2D eigenvalue weighted by atomic mass is 16.1. The van der Waals surface area contributed by atoms with Crippen LogP contribution >= 0.6 is 0 Å². The van der Waals surface area contributed by atoms with E-state index in [1.54, 1.807) is 6.20 Å². The molecule has 1 aromatic carbocycles. The van der Waals surface area contributed by atoms with Gasteiger partial charge in [0.05, 0.1) is 28.8 Å². The number of hydrogen-bond donors (Lipinski definition) is 2. The zero-order valence-corrected chi connectivity index (χ0v) is 10.1. The first kappa shape index (κ1) is 10.3. The number of fused-ring (bicyclic) bond motifs is 5. The third-order valence-electron chi connectivity index (χ3n) is 3.46. The molecule has 2 N–H and O–H groups in total. The van der Waals surface area contributed by atoms with Crippen LogP contribution < -0.4 is 5.32 Å². The molecule has 0 bridgehead atoms. The minimum Gasteiger partial charge on any atom is -0.353 e. The Kier molecular flexibility index (Phi) is 2.00. The number of rotatable bonds is 0. The minimum atomic E-state index is -0.00208. The van der Waals surface area contributed by atoms with Gasteiger partial charge in [-0.3, -0.25) is 9.78 Å². The maximum atomic E-state index is 12.0. The normalized spacial score (nSPS) is 13.6. The number of aromatic nitrogens is 2. The lowest BCUT2D eigenvalue weighted by molar-refractivity contribution is -0.115. The SMILES string of the molecule is O=C1Cc2c([nH]c3cccnc23)-c2ccccc2N1. The van der Waals surface area contributed by atoms with Crippen molar-refractivity contribution in [3.63, 3.8) is 0 Å². The Labute approximate surface area is 109 Å². The van der Waals surface area contributed by atoms with Crippen molar-refractivity contribution in [2.45, 2.75) is 6.42 Å². The average Bonchev–Trinajstić information content (AvgIpc) is 2.71. The van der Waals surface area contributed by atoms with Crippen LogP contribution in [0.15, 0.2) is 42.6 Å². The van der Waals surface area contributed by atoms with Crippen LogP contribution in [0.25, 0.3) is 22.3 Å². The Balaban J connectivity index is 2.11. The highest BCUT2D eigenvalue weighted by Crippen LogP contribution is 2.36. The van der Waals surface area contributed by atoms with Crippen LogP contribution in [0.5, 0.6) is 0 Å². The zero-order valence-electron chi connectivity index (χ0n) is 10.1. The lowest BCUT2D eigenvalue weighted by Crippen LogP contribution is -2.12. The van der Waals surface area contributed by atoms with Crippen molar-refractivity contribution in [3.8, 4) is 11.3 Å². The van der Waals surface area contributed by atoms with Crippen molar-refractivity contribution in [1.82, 2.24) is 9.97 Å². The summed E-state index contributed by atoms with van der Waals surface area (Å²) in [4.78, 5) is 19.8. The van der Waals surface area contributed by atoms with Crippen LogP contribution in [-0.4, -0.2) is 15.9 Å². The monoisotopic (exact) mass is 249 g/mol. The number of carbonyl (C=O) groups is 1. The number of para-hydroxylation sites is 1. The van der Waals surface area contributed by atoms with Crippen LogP contribution in [0.4, 0.5) is 5.69 Å². The molecule has 1 amide bonds. The third kappa shape index (κ3) is 1.46. The van der Waals surface area contributed by atoms with Gasteiger partial charge >= 0.3 is 0 Å². The lowest BCUT2D eigenvalue weighted by Gasteiger charge is -2.05. The Hall–Kier alpha value is -2.62. The van der Waals surface area contributed by atoms with Gasteiger partial charge in [0.2, 0.25) is 5.91 Å². The maximum absolute atomic E-state index is 12.0. The molecule has 0 aliphatic carbocycles. The summed E-state index contributed by atoms with van der Waals surface area (Å²) in [6, 6.07) is 11.7. The standard InChI is InChI=1S/C15H11N3O/c19-13-8-10-14(9-4-1-2-5-11(9)17-13)18-12-6-3-7-16-15(10)12/h1-7,18H,8H2,(H,17,19). The molecule has 92 valence electrons. The second kappa shape index (κ2) is 3.68. The van der Waals surface area contributed by atoms with Crippen molar-refractivity contribution < 1.29 is 4.79 Å². The Morgan fingerprint density at radius 1 is 1.11 bits per heavy atom. The quantitative estimate of drug-likeness (QED) is 0.643. The van der Waals surface area contributed by atoms with E-state index < -0.39 is 0 Å². The summed E-state index contributed by atoms with van der Waals surface area (Å²) in [5, 5.41) is 2.93. The number of benzene rings is 1. The number of hydrogen-bond acceptors (Lipinski definition) is 2. The van der Waals surface area contributed by atoms with Gasteiger partial charge in [0.25, 0.3) is 0 Å².